The Morgan fingerprint density at radius 2 is 2.11 bits per heavy atom. The summed E-state index contributed by atoms with van der Waals surface area (Å²) in [4.78, 5) is 2.47. The van der Waals surface area contributed by atoms with Crippen LogP contribution in [-0.2, 0) is 11.3 Å². The highest BCUT2D eigenvalue weighted by atomic mass is 79.9. The van der Waals surface area contributed by atoms with Crippen LogP contribution in [0.4, 0.5) is 0 Å². The largest absolute Gasteiger partial charge is 0.467 e. The van der Waals surface area contributed by atoms with Gasteiger partial charge in [-0.25, -0.2) is 0 Å². The SMILES string of the molecule is CC(C)(CNCc1occc1Br)N1CCOCC1. The van der Waals surface area contributed by atoms with Gasteiger partial charge in [-0.1, -0.05) is 0 Å². The van der Waals surface area contributed by atoms with Crippen LogP contribution in [0.15, 0.2) is 21.2 Å². The lowest BCUT2D eigenvalue weighted by molar-refractivity contribution is -0.00977. The lowest BCUT2D eigenvalue weighted by Gasteiger charge is -2.41. The van der Waals surface area contributed by atoms with Crippen molar-refractivity contribution in [1.82, 2.24) is 10.2 Å². The van der Waals surface area contributed by atoms with Crippen LogP contribution in [0, 0.1) is 0 Å². The summed E-state index contributed by atoms with van der Waals surface area (Å²) in [5.41, 5.74) is 0.142. The average molecular weight is 317 g/mol. The predicted octanol–water partition coefficient (Wildman–Crippen LogP) is 2.24. The molecule has 0 saturated carbocycles. The van der Waals surface area contributed by atoms with Gasteiger partial charge in [0.1, 0.15) is 5.76 Å². The predicted molar refractivity (Wildman–Crippen MR) is 74.6 cm³/mol. The maximum Gasteiger partial charge on any atom is 0.131 e. The summed E-state index contributed by atoms with van der Waals surface area (Å²) in [5, 5.41) is 3.46. The monoisotopic (exact) mass is 316 g/mol. The van der Waals surface area contributed by atoms with Crippen LogP contribution >= 0.6 is 15.9 Å². The molecule has 0 aromatic carbocycles. The van der Waals surface area contributed by atoms with Crippen molar-refractivity contribution in [2.45, 2.75) is 25.9 Å². The molecule has 0 unspecified atom stereocenters. The summed E-state index contributed by atoms with van der Waals surface area (Å²) >= 11 is 3.46. The first kappa shape index (κ1) is 14.1. The lowest BCUT2D eigenvalue weighted by Crippen LogP contribution is -2.54. The molecule has 1 aliphatic rings. The fraction of sp³-hybridized carbons (Fsp3) is 0.692. The molecule has 1 aromatic rings. The van der Waals surface area contributed by atoms with E-state index in [1.54, 1.807) is 6.26 Å². The zero-order valence-corrected chi connectivity index (χ0v) is 12.6. The van der Waals surface area contributed by atoms with E-state index in [0.717, 1.165) is 49.6 Å². The topological polar surface area (TPSA) is 37.6 Å². The van der Waals surface area contributed by atoms with Crippen molar-refractivity contribution < 1.29 is 9.15 Å². The van der Waals surface area contributed by atoms with Gasteiger partial charge in [-0.2, -0.15) is 0 Å². The van der Waals surface area contributed by atoms with Crippen LogP contribution in [-0.4, -0.2) is 43.3 Å². The first-order chi connectivity index (χ1) is 8.59. The highest BCUT2D eigenvalue weighted by Crippen LogP contribution is 2.18. The minimum atomic E-state index is 0.142. The molecule has 2 heterocycles. The molecular formula is C13H21BrN2O2. The molecule has 1 aliphatic heterocycles. The Morgan fingerprint density at radius 3 is 2.72 bits per heavy atom. The molecule has 18 heavy (non-hydrogen) atoms. The molecule has 0 amide bonds. The average Bonchev–Trinajstić information content (AvgIpc) is 2.76. The van der Waals surface area contributed by atoms with Gasteiger partial charge in [-0.3, -0.25) is 4.90 Å². The third-order valence-electron chi connectivity index (χ3n) is 3.40. The van der Waals surface area contributed by atoms with Gasteiger partial charge in [0.25, 0.3) is 0 Å². The highest BCUT2D eigenvalue weighted by molar-refractivity contribution is 9.10. The van der Waals surface area contributed by atoms with Crippen molar-refractivity contribution in [2.75, 3.05) is 32.8 Å². The fourth-order valence-corrected chi connectivity index (χ4v) is 2.56. The van der Waals surface area contributed by atoms with E-state index >= 15 is 0 Å². The minimum Gasteiger partial charge on any atom is -0.467 e. The van der Waals surface area contributed by atoms with Crippen molar-refractivity contribution in [3.8, 4) is 0 Å². The zero-order valence-electron chi connectivity index (χ0n) is 11.0. The first-order valence-electron chi connectivity index (χ1n) is 6.35. The standard InChI is InChI=1S/C13H21BrN2O2/c1-13(2,16-4-7-17-8-5-16)10-15-9-12-11(14)3-6-18-12/h3,6,15H,4-5,7-10H2,1-2H3. The molecule has 1 saturated heterocycles. The van der Waals surface area contributed by atoms with Gasteiger partial charge in [0, 0.05) is 25.2 Å². The van der Waals surface area contributed by atoms with Gasteiger partial charge in [0.05, 0.1) is 30.5 Å². The number of nitrogens with zero attached hydrogens (tertiary/aromatic N) is 1. The Kier molecular flexibility index (Phi) is 4.84. The summed E-state index contributed by atoms with van der Waals surface area (Å²) in [5.74, 6) is 0.952. The molecule has 0 aliphatic carbocycles. The normalized spacial score (nSPS) is 18.2. The number of furan rings is 1. The van der Waals surface area contributed by atoms with Gasteiger partial charge in [-0.15, -0.1) is 0 Å². The number of hydrogen-bond acceptors (Lipinski definition) is 4. The van der Waals surface area contributed by atoms with E-state index in [2.05, 4.69) is 40.0 Å². The Bertz CT molecular complexity index is 373. The molecule has 1 aromatic heterocycles. The molecular weight excluding hydrogens is 296 g/mol. The van der Waals surface area contributed by atoms with Gasteiger partial charge < -0.3 is 14.5 Å². The van der Waals surface area contributed by atoms with E-state index in [-0.39, 0.29) is 5.54 Å². The molecule has 0 atom stereocenters. The van der Waals surface area contributed by atoms with Crippen molar-refractivity contribution in [3.05, 3.63) is 22.6 Å². The smallest absolute Gasteiger partial charge is 0.131 e. The molecule has 4 nitrogen and oxygen atoms in total. The number of ether oxygens (including phenoxy) is 1. The van der Waals surface area contributed by atoms with Gasteiger partial charge in [0.15, 0.2) is 0 Å². The van der Waals surface area contributed by atoms with Crippen LogP contribution in [0.2, 0.25) is 0 Å². The van der Waals surface area contributed by atoms with Gasteiger partial charge in [0.2, 0.25) is 0 Å². The molecule has 0 spiro atoms. The number of nitrogens with one attached hydrogen (secondary N) is 1. The second-order valence-electron chi connectivity index (χ2n) is 5.21. The maximum atomic E-state index is 5.39. The summed E-state index contributed by atoms with van der Waals surface area (Å²) in [7, 11) is 0. The Hall–Kier alpha value is -0.360. The van der Waals surface area contributed by atoms with E-state index in [0.29, 0.717) is 0 Å². The third-order valence-corrected chi connectivity index (χ3v) is 4.11. The Balaban J connectivity index is 1.79. The Labute approximate surface area is 117 Å². The van der Waals surface area contributed by atoms with Gasteiger partial charge >= 0.3 is 0 Å². The summed E-state index contributed by atoms with van der Waals surface area (Å²) in [6.07, 6.45) is 1.70. The van der Waals surface area contributed by atoms with Crippen LogP contribution in [0.25, 0.3) is 0 Å². The second kappa shape index (κ2) is 6.19. The van der Waals surface area contributed by atoms with Crippen molar-refractivity contribution in [2.24, 2.45) is 0 Å². The number of halogens is 1. The summed E-state index contributed by atoms with van der Waals surface area (Å²) in [6, 6.07) is 1.92. The van der Waals surface area contributed by atoms with E-state index in [9.17, 15) is 0 Å². The van der Waals surface area contributed by atoms with Crippen LogP contribution < -0.4 is 5.32 Å². The van der Waals surface area contributed by atoms with E-state index in [4.69, 9.17) is 9.15 Å². The number of morpholine rings is 1. The zero-order chi connectivity index (χ0) is 13.0. The van der Waals surface area contributed by atoms with Crippen LogP contribution in [0.3, 0.4) is 0 Å². The van der Waals surface area contributed by atoms with Crippen molar-refractivity contribution >= 4 is 15.9 Å². The molecule has 102 valence electrons. The quantitative estimate of drug-likeness (QED) is 0.904. The molecule has 1 N–H and O–H groups in total. The van der Waals surface area contributed by atoms with Gasteiger partial charge in [-0.05, 0) is 35.8 Å². The van der Waals surface area contributed by atoms with Crippen molar-refractivity contribution in [1.29, 1.82) is 0 Å². The molecule has 0 bridgehead atoms. The number of hydrogen-bond donors (Lipinski definition) is 1. The van der Waals surface area contributed by atoms with Crippen LogP contribution in [0.5, 0.6) is 0 Å². The fourth-order valence-electron chi connectivity index (χ4n) is 2.21. The number of rotatable bonds is 5. The third kappa shape index (κ3) is 3.57. The summed E-state index contributed by atoms with van der Waals surface area (Å²) in [6.45, 7) is 9.92. The second-order valence-corrected chi connectivity index (χ2v) is 6.06. The first-order valence-corrected chi connectivity index (χ1v) is 7.14. The Morgan fingerprint density at radius 1 is 1.39 bits per heavy atom. The molecule has 5 heteroatoms. The molecule has 2 rings (SSSR count). The summed E-state index contributed by atoms with van der Waals surface area (Å²) < 4.78 is 11.8. The van der Waals surface area contributed by atoms with E-state index < -0.39 is 0 Å². The van der Waals surface area contributed by atoms with Crippen LogP contribution in [0.1, 0.15) is 19.6 Å². The molecule has 0 radical (unpaired) electrons. The van der Waals surface area contributed by atoms with E-state index in [1.807, 2.05) is 6.07 Å². The molecule has 1 fully saturated rings. The lowest BCUT2D eigenvalue weighted by atomic mass is 10.0. The highest BCUT2D eigenvalue weighted by Gasteiger charge is 2.27. The van der Waals surface area contributed by atoms with Crippen molar-refractivity contribution in [3.63, 3.8) is 0 Å². The van der Waals surface area contributed by atoms with E-state index in [1.165, 1.54) is 0 Å². The maximum absolute atomic E-state index is 5.39. The minimum absolute atomic E-state index is 0.142.